The summed E-state index contributed by atoms with van der Waals surface area (Å²) in [7, 11) is 4.43. The number of hydrogen-bond donors (Lipinski definition) is 2. The van der Waals surface area contributed by atoms with Gasteiger partial charge in [-0.1, -0.05) is 51.2 Å². The van der Waals surface area contributed by atoms with Crippen LogP contribution in [0.4, 0.5) is 0 Å². The summed E-state index contributed by atoms with van der Waals surface area (Å²) < 4.78 is 5.59. The van der Waals surface area contributed by atoms with Gasteiger partial charge in [0, 0.05) is 37.7 Å². The highest BCUT2D eigenvalue weighted by Gasteiger charge is 2.30. The third-order valence-corrected chi connectivity index (χ3v) is 7.79. The Labute approximate surface area is 199 Å². The van der Waals surface area contributed by atoms with Crippen LogP contribution in [-0.2, 0) is 13.1 Å². The first-order valence-electron chi connectivity index (χ1n) is 12.8. The maximum atomic E-state index is 10.9. The molecule has 1 heterocycles. The van der Waals surface area contributed by atoms with Crippen molar-refractivity contribution < 1.29 is 14.9 Å². The number of allylic oxidation sites excluding steroid dienone is 1. The predicted octanol–water partition coefficient (Wildman–Crippen LogP) is 5.05. The zero-order chi connectivity index (χ0) is 23.4. The van der Waals surface area contributed by atoms with E-state index in [4.69, 9.17) is 9.84 Å². The summed E-state index contributed by atoms with van der Waals surface area (Å²) in [6.45, 7) is 5.15. The van der Waals surface area contributed by atoms with Gasteiger partial charge in [-0.25, -0.2) is 0 Å². The van der Waals surface area contributed by atoms with Crippen molar-refractivity contribution in [2.24, 2.45) is 11.8 Å². The van der Waals surface area contributed by atoms with Crippen LogP contribution in [0.5, 0.6) is 5.75 Å². The van der Waals surface area contributed by atoms with Crippen LogP contribution in [0.25, 0.3) is 0 Å². The SMILES string of the molecule is CC1CC(O)=C(CN2Cc3ccc(OCCO)cc3C2)C=C1C(CC1CCCCC1)N(C)C. The second-order valence-electron chi connectivity index (χ2n) is 10.6. The minimum absolute atomic E-state index is 0.0262. The Balaban J connectivity index is 1.46. The van der Waals surface area contributed by atoms with Crippen LogP contribution in [0.3, 0.4) is 0 Å². The molecule has 182 valence electrons. The van der Waals surface area contributed by atoms with Gasteiger partial charge in [-0.2, -0.15) is 0 Å². The van der Waals surface area contributed by atoms with Crippen LogP contribution in [0.15, 0.2) is 41.2 Å². The van der Waals surface area contributed by atoms with E-state index in [0.29, 0.717) is 24.3 Å². The normalized spacial score (nSPS) is 23.1. The molecule has 1 aliphatic heterocycles. The predicted molar refractivity (Wildman–Crippen MR) is 133 cm³/mol. The van der Waals surface area contributed by atoms with E-state index in [1.165, 1.54) is 55.2 Å². The smallest absolute Gasteiger partial charge is 0.119 e. The molecule has 4 rings (SSSR count). The van der Waals surface area contributed by atoms with E-state index in [9.17, 15) is 5.11 Å². The van der Waals surface area contributed by atoms with Crippen molar-refractivity contribution in [1.82, 2.24) is 9.80 Å². The molecule has 5 heteroatoms. The van der Waals surface area contributed by atoms with Gasteiger partial charge in [-0.05, 0) is 61.2 Å². The molecule has 0 spiro atoms. The molecule has 33 heavy (non-hydrogen) atoms. The van der Waals surface area contributed by atoms with E-state index >= 15 is 0 Å². The largest absolute Gasteiger partial charge is 0.512 e. The molecule has 1 aromatic rings. The van der Waals surface area contributed by atoms with Crippen molar-refractivity contribution in [2.45, 2.75) is 71.0 Å². The zero-order valence-electron chi connectivity index (χ0n) is 20.7. The van der Waals surface area contributed by atoms with E-state index in [1.807, 2.05) is 6.07 Å². The molecule has 0 amide bonds. The maximum absolute atomic E-state index is 10.9. The molecule has 1 aromatic carbocycles. The fourth-order valence-corrected chi connectivity index (χ4v) is 5.96. The number of hydrogen-bond acceptors (Lipinski definition) is 5. The highest BCUT2D eigenvalue weighted by molar-refractivity contribution is 5.40. The van der Waals surface area contributed by atoms with E-state index in [-0.39, 0.29) is 6.61 Å². The van der Waals surface area contributed by atoms with Gasteiger partial charge in [0.2, 0.25) is 0 Å². The minimum atomic E-state index is 0.0262. The highest BCUT2D eigenvalue weighted by Crippen LogP contribution is 2.37. The number of benzene rings is 1. The van der Waals surface area contributed by atoms with E-state index < -0.39 is 0 Å². The number of likely N-dealkylation sites (N-methyl/N-ethyl adjacent to an activating group) is 1. The fourth-order valence-electron chi connectivity index (χ4n) is 5.96. The summed E-state index contributed by atoms with van der Waals surface area (Å²) in [5.74, 6) is 2.59. The Morgan fingerprint density at radius 1 is 1.12 bits per heavy atom. The second kappa shape index (κ2) is 11.1. The van der Waals surface area contributed by atoms with Gasteiger partial charge >= 0.3 is 0 Å². The van der Waals surface area contributed by atoms with Gasteiger partial charge in [-0.15, -0.1) is 0 Å². The Bertz CT molecular complexity index is 870. The summed E-state index contributed by atoms with van der Waals surface area (Å²) >= 11 is 0. The number of ether oxygens (including phenoxy) is 1. The van der Waals surface area contributed by atoms with Crippen molar-refractivity contribution in [1.29, 1.82) is 0 Å². The zero-order valence-corrected chi connectivity index (χ0v) is 20.7. The van der Waals surface area contributed by atoms with Crippen LogP contribution >= 0.6 is 0 Å². The fraction of sp³-hybridized carbons (Fsp3) is 0.643. The lowest BCUT2D eigenvalue weighted by molar-refractivity contribution is 0.201. The molecule has 1 saturated carbocycles. The van der Waals surface area contributed by atoms with Crippen molar-refractivity contribution in [3.05, 3.63) is 52.3 Å². The summed E-state index contributed by atoms with van der Waals surface area (Å²) in [4.78, 5) is 4.80. The van der Waals surface area contributed by atoms with Crippen molar-refractivity contribution in [2.75, 3.05) is 33.9 Å². The molecule has 2 aliphatic carbocycles. The Hall–Kier alpha value is -1.82. The number of aliphatic hydroxyl groups excluding tert-OH is 2. The maximum Gasteiger partial charge on any atom is 0.119 e. The van der Waals surface area contributed by atoms with Crippen LogP contribution < -0.4 is 4.74 Å². The minimum Gasteiger partial charge on any atom is -0.512 e. The molecule has 0 bridgehead atoms. The summed E-state index contributed by atoms with van der Waals surface area (Å²) in [5, 5.41) is 19.9. The van der Waals surface area contributed by atoms with Gasteiger partial charge in [0.15, 0.2) is 0 Å². The second-order valence-corrected chi connectivity index (χ2v) is 10.6. The average molecular weight is 455 g/mol. The number of rotatable bonds is 9. The number of nitrogens with zero attached hydrogens (tertiary/aromatic N) is 2. The monoisotopic (exact) mass is 454 g/mol. The van der Waals surface area contributed by atoms with Gasteiger partial charge in [0.05, 0.1) is 12.4 Å². The first-order chi connectivity index (χ1) is 15.9. The van der Waals surface area contributed by atoms with E-state index in [2.05, 4.69) is 49.0 Å². The van der Waals surface area contributed by atoms with Gasteiger partial charge in [0.25, 0.3) is 0 Å². The Kier molecular flexibility index (Phi) is 8.15. The third-order valence-electron chi connectivity index (χ3n) is 7.79. The highest BCUT2D eigenvalue weighted by atomic mass is 16.5. The van der Waals surface area contributed by atoms with Crippen molar-refractivity contribution in [3.8, 4) is 5.75 Å². The topological polar surface area (TPSA) is 56.2 Å². The van der Waals surface area contributed by atoms with Gasteiger partial charge in [0.1, 0.15) is 12.4 Å². The first kappa shape index (κ1) is 24.3. The quantitative estimate of drug-likeness (QED) is 0.547. The molecule has 2 unspecified atom stereocenters. The van der Waals surface area contributed by atoms with Crippen molar-refractivity contribution >= 4 is 0 Å². The molecule has 0 saturated heterocycles. The van der Waals surface area contributed by atoms with E-state index in [1.54, 1.807) is 0 Å². The third kappa shape index (κ3) is 6.00. The Morgan fingerprint density at radius 2 is 1.88 bits per heavy atom. The molecule has 1 fully saturated rings. The standard InChI is InChI=1S/C28H42N2O3/c1-20-13-28(32)24(16-26(20)27(29(2)3)14-21-7-5-4-6-8-21)19-30-17-22-9-10-25(33-12-11-31)15-23(22)18-30/h9-10,15-16,20-21,27,31-32H,4-8,11-14,17-19H2,1-3H3. The summed E-state index contributed by atoms with van der Waals surface area (Å²) in [6, 6.07) is 6.66. The van der Waals surface area contributed by atoms with Gasteiger partial charge < -0.3 is 19.8 Å². The van der Waals surface area contributed by atoms with Crippen molar-refractivity contribution in [3.63, 3.8) is 0 Å². The molecule has 2 atom stereocenters. The molecular weight excluding hydrogens is 412 g/mol. The molecule has 0 aromatic heterocycles. The molecule has 5 nitrogen and oxygen atoms in total. The molecule has 3 aliphatic rings. The Morgan fingerprint density at radius 3 is 2.61 bits per heavy atom. The van der Waals surface area contributed by atoms with Crippen LogP contribution in [0, 0.1) is 11.8 Å². The summed E-state index contributed by atoms with van der Waals surface area (Å²) in [6.07, 6.45) is 11.2. The lowest BCUT2D eigenvalue weighted by Crippen LogP contribution is -2.36. The summed E-state index contributed by atoms with van der Waals surface area (Å²) in [5.41, 5.74) is 5.18. The average Bonchev–Trinajstić information content (AvgIpc) is 3.20. The van der Waals surface area contributed by atoms with Gasteiger partial charge in [-0.3, -0.25) is 4.90 Å². The van der Waals surface area contributed by atoms with Crippen LogP contribution in [0.1, 0.15) is 63.0 Å². The lowest BCUT2D eigenvalue weighted by Gasteiger charge is -2.36. The molecule has 2 N–H and O–H groups in total. The lowest BCUT2D eigenvalue weighted by atomic mass is 9.77. The van der Waals surface area contributed by atoms with E-state index in [0.717, 1.165) is 43.3 Å². The molecule has 0 radical (unpaired) electrons. The first-order valence-corrected chi connectivity index (χ1v) is 12.8. The van der Waals surface area contributed by atoms with Crippen LogP contribution in [0.2, 0.25) is 0 Å². The van der Waals surface area contributed by atoms with Crippen LogP contribution in [-0.4, -0.2) is 59.9 Å². The number of fused-ring (bicyclic) bond motifs is 1. The molecular formula is C28H42N2O3. The number of aliphatic hydroxyl groups is 2.